The van der Waals surface area contributed by atoms with E-state index >= 15 is 0 Å². The van der Waals surface area contributed by atoms with Crippen molar-refractivity contribution in [3.8, 4) is 0 Å². The minimum absolute atomic E-state index is 0.00697. The van der Waals surface area contributed by atoms with E-state index in [1.54, 1.807) is 37.7 Å². The lowest BCUT2D eigenvalue weighted by Gasteiger charge is -2.49. The van der Waals surface area contributed by atoms with Crippen LogP contribution in [0.2, 0.25) is 0 Å². The molecule has 0 unspecified atom stereocenters. The molecule has 3 N–H and O–H groups in total. The summed E-state index contributed by atoms with van der Waals surface area (Å²) >= 11 is 3.92. The molecule has 4 rings (SSSR count). The van der Waals surface area contributed by atoms with Crippen LogP contribution in [0.3, 0.4) is 0 Å². The first-order valence-corrected chi connectivity index (χ1v) is 15.0. The molecule has 2 aromatic rings. The molecular formula is C25H28N6O7S3. The van der Waals surface area contributed by atoms with Crippen molar-refractivity contribution in [2.45, 2.75) is 39.1 Å². The lowest BCUT2D eigenvalue weighted by atomic mass is 9.98. The highest BCUT2D eigenvalue weighted by Crippen LogP contribution is 2.41. The third kappa shape index (κ3) is 6.60. The molecule has 4 heterocycles. The van der Waals surface area contributed by atoms with Gasteiger partial charge >= 0.3 is 11.9 Å². The number of ether oxygens (including phenoxy) is 2. The predicted octanol–water partition coefficient (Wildman–Crippen LogP) is 2.30. The molecule has 0 aliphatic carbocycles. The average molecular weight is 621 g/mol. The predicted molar refractivity (Wildman–Crippen MR) is 155 cm³/mol. The van der Waals surface area contributed by atoms with Gasteiger partial charge in [0.15, 0.2) is 10.8 Å². The second kappa shape index (κ2) is 12.4. The first-order valence-electron chi connectivity index (χ1n) is 12.2. The Labute approximate surface area is 247 Å². The van der Waals surface area contributed by atoms with Crippen LogP contribution in [0.4, 0.5) is 5.13 Å². The maximum atomic E-state index is 13.3. The van der Waals surface area contributed by atoms with Crippen LogP contribution in [-0.4, -0.2) is 75.4 Å². The fourth-order valence-electron chi connectivity index (χ4n) is 3.73. The number of nitrogen functional groups attached to an aromatic ring is 1. The third-order valence-corrected chi connectivity index (χ3v) is 8.72. The second-order valence-electron chi connectivity index (χ2n) is 9.80. The van der Waals surface area contributed by atoms with E-state index in [-0.39, 0.29) is 22.2 Å². The van der Waals surface area contributed by atoms with Crippen molar-refractivity contribution in [1.82, 2.24) is 20.2 Å². The van der Waals surface area contributed by atoms with E-state index in [0.29, 0.717) is 11.3 Å². The van der Waals surface area contributed by atoms with Crippen LogP contribution >= 0.6 is 34.4 Å². The van der Waals surface area contributed by atoms with Gasteiger partial charge in [0.05, 0.1) is 16.6 Å². The zero-order chi connectivity index (χ0) is 29.9. The molecule has 2 amide bonds. The monoisotopic (exact) mass is 620 g/mol. The Morgan fingerprint density at radius 2 is 2.00 bits per heavy atom. The van der Waals surface area contributed by atoms with E-state index < -0.39 is 47.4 Å². The molecule has 218 valence electrons. The molecule has 2 aliphatic heterocycles. The van der Waals surface area contributed by atoms with E-state index in [0.717, 1.165) is 21.9 Å². The quantitative estimate of drug-likeness (QED) is 0.138. The SMILES string of the molecule is CO/N=C(\C(=O)N[C@H]1C(=O)N2C(C(=O)OCOC(=O)C(C)(C)C)=C(/C=C/c3scnc3C)CS[C@@H]12)c1csc(N)n1. The third-order valence-electron chi connectivity index (χ3n) is 5.85. The number of carbonyl (C=O) groups is 4. The number of amides is 2. The zero-order valence-electron chi connectivity index (χ0n) is 22.8. The summed E-state index contributed by atoms with van der Waals surface area (Å²) in [6, 6.07) is -0.957. The Hall–Kier alpha value is -3.76. The van der Waals surface area contributed by atoms with Gasteiger partial charge in [0.25, 0.3) is 11.8 Å². The number of nitrogens with one attached hydrogen (secondary N) is 1. The van der Waals surface area contributed by atoms with E-state index in [2.05, 4.69) is 20.4 Å². The molecule has 0 radical (unpaired) electrons. The molecule has 2 aliphatic rings. The van der Waals surface area contributed by atoms with E-state index in [1.165, 1.54) is 35.1 Å². The summed E-state index contributed by atoms with van der Waals surface area (Å²) in [4.78, 5) is 67.0. The summed E-state index contributed by atoms with van der Waals surface area (Å²) in [6.07, 6.45) is 3.55. The van der Waals surface area contributed by atoms with Crippen molar-refractivity contribution in [2.75, 3.05) is 25.4 Å². The lowest BCUT2D eigenvalue weighted by Crippen LogP contribution is -2.71. The minimum Gasteiger partial charge on any atom is -0.427 e. The van der Waals surface area contributed by atoms with Crippen LogP contribution < -0.4 is 11.1 Å². The number of thioether (sulfide) groups is 1. The van der Waals surface area contributed by atoms with Gasteiger partial charge in [-0.2, -0.15) is 0 Å². The number of nitrogens with zero attached hydrogens (tertiary/aromatic N) is 4. The molecule has 0 aromatic carbocycles. The summed E-state index contributed by atoms with van der Waals surface area (Å²) in [5, 5.41) is 7.59. The van der Waals surface area contributed by atoms with Crippen LogP contribution in [0.1, 0.15) is 37.0 Å². The minimum atomic E-state index is -0.957. The summed E-state index contributed by atoms with van der Waals surface area (Å²) in [5.74, 6) is -2.26. The fourth-order valence-corrected chi connectivity index (χ4v) is 6.29. The number of fused-ring (bicyclic) bond motifs is 1. The Morgan fingerprint density at radius 3 is 2.61 bits per heavy atom. The molecule has 1 saturated heterocycles. The molecule has 0 bridgehead atoms. The van der Waals surface area contributed by atoms with Crippen LogP contribution in [0.25, 0.3) is 6.08 Å². The Bertz CT molecular complexity index is 1460. The molecule has 0 spiro atoms. The number of aryl methyl sites for hydroxylation is 1. The number of hydrogen-bond donors (Lipinski definition) is 2. The van der Waals surface area contributed by atoms with Gasteiger partial charge in [0.2, 0.25) is 6.79 Å². The Balaban J connectivity index is 1.55. The number of oxime groups is 1. The van der Waals surface area contributed by atoms with E-state index in [9.17, 15) is 19.2 Å². The Morgan fingerprint density at radius 1 is 1.24 bits per heavy atom. The largest absolute Gasteiger partial charge is 0.427 e. The molecule has 0 saturated carbocycles. The highest BCUT2D eigenvalue weighted by Gasteiger charge is 2.54. The first kappa shape index (κ1) is 30.2. The normalized spacial score (nSPS) is 19.1. The van der Waals surface area contributed by atoms with Gasteiger partial charge < -0.3 is 25.4 Å². The van der Waals surface area contributed by atoms with Crippen molar-refractivity contribution < 1.29 is 33.5 Å². The number of esters is 2. The van der Waals surface area contributed by atoms with Gasteiger partial charge in [-0.1, -0.05) is 11.2 Å². The van der Waals surface area contributed by atoms with Crippen molar-refractivity contribution in [2.24, 2.45) is 10.6 Å². The van der Waals surface area contributed by atoms with Crippen molar-refractivity contribution in [1.29, 1.82) is 0 Å². The van der Waals surface area contributed by atoms with Crippen molar-refractivity contribution in [3.05, 3.63) is 44.5 Å². The number of nitrogens with two attached hydrogens (primary N) is 1. The highest BCUT2D eigenvalue weighted by atomic mass is 32.2. The first-order chi connectivity index (χ1) is 19.4. The van der Waals surface area contributed by atoms with Gasteiger partial charge in [0, 0.05) is 16.0 Å². The number of aromatic nitrogens is 2. The number of thiazole rings is 2. The van der Waals surface area contributed by atoms with Crippen LogP contribution in [0.15, 0.2) is 33.4 Å². The smallest absolute Gasteiger partial charge is 0.358 e. The van der Waals surface area contributed by atoms with Crippen LogP contribution in [0, 0.1) is 12.3 Å². The van der Waals surface area contributed by atoms with Crippen molar-refractivity contribution >= 4 is 75.1 Å². The molecule has 2 aromatic heterocycles. The number of β-lactam (4-membered cyclic amide) rings is 1. The summed E-state index contributed by atoms with van der Waals surface area (Å²) in [6.45, 7) is 6.27. The highest BCUT2D eigenvalue weighted by molar-refractivity contribution is 8.00. The summed E-state index contributed by atoms with van der Waals surface area (Å²) < 4.78 is 10.3. The summed E-state index contributed by atoms with van der Waals surface area (Å²) in [5.41, 5.74) is 8.03. The molecular weight excluding hydrogens is 593 g/mol. The average Bonchev–Trinajstić information content (AvgIpc) is 3.54. The van der Waals surface area contributed by atoms with E-state index in [1.807, 2.05) is 13.0 Å². The number of allylic oxidation sites excluding steroid dienone is 1. The molecule has 2 atom stereocenters. The summed E-state index contributed by atoms with van der Waals surface area (Å²) in [7, 11) is 1.28. The number of hydrogen-bond acceptors (Lipinski definition) is 14. The van der Waals surface area contributed by atoms with E-state index in [4.69, 9.17) is 20.0 Å². The number of rotatable bonds is 9. The fraction of sp³-hybridized carbons (Fsp3) is 0.400. The molecule has 41 heavy (non-hydrogen) atoms. The zero-order valence-corrected chi connectivity index (χ0v) is 25.3. The number of anilines is 1. The van der Waals surface area contributed by atoms with Gasteiger partial charge in [-0.25, -0.2) is 14.8 Å². The molecule has 16 heteroatoms. The second-order valence-corrected chi connectivity index (χ2v) is 12.7. The maximum absolute atomic E-state index is 13.3. The standard InChI is InChI=1S/C25H28N6O7S3/c1-12-15(41-10-27-12)7-6-13-8-39-21-17(29-19(32)16(30-36-5)14-9-40-24(26)28-14)20(33)31(21)18(13)22(34)37-11-38-23(35)25(2,3)4/h6-7,9-10,17,21H,8,11H2,1-5H3,(H2,26,28)(H,29,32)/b7-6+,30-16-/t17-,21-/m0/s1. The topological polar surface area (TPSA) is 175 Å². The van der Waals surface area contributed by atoms with Gasteiger partial charge in [0.1, 0.15) is 29.9 Å². The lowest BCUT2D eigenvalue weighted by molar-refractivity contribution is -0.173. The van der Waals surface area contributed by atoms with Gasteiger partial charge in [-0.3, -0.25) is 19.3 Å². The molecule has 1 fully saturated rings. The molecule has 13 nitrogen and oxygen atoms in total. The van der Waals surface area contributed by atoms with Gasteiger partial charge in [-0.15, -0.1) is 34.4 Å². The van der Waals surface area contributed by atoms with Crippen LogP contribution in [0.5, 0.6) is 0 Å². The van der Waals surface area contributed by atoms with Crippen molar-refractivity contribution in [3.63, 3.8) is 0 Å². The Kier molecular flexibility index (Phi) is 9.14. The van der Waals surface area contributed by atoms with Crippen LogP contribution in [-0.2, 0) is 33.5 Å². The van der Waals surface area contributed by atoms with Gasteiger partial charge in [-0.05, 0) is 39.3 Å². The maximum Gasteiger partial charge on any atom is 0.358 e. The number of carbonyl (C=O) groups excluding carboxylic acids is 4.